The summed E-state index contributed by atoms with van der Waals surface area (Å²) in [5, 5.41) is 0. The summed E-state index contributed by atoms with van der Waals surface area (Å²) in [4.78, 5) is 8.36. The number of rotatable bonds is 3. The number of hydrogen-bond donors (Lipinski definition) is 0. The number of aryl methyl sites for hydroxylation is 1. The molecule has 0 atom stereocenters. The van der Waals surface area contributed by atoms with Crippen molar-refractivity contribution >= 4 is 6.21 Å². The van der Waals surface area contributed by atoms with E-state index in [9.17, 15) is 0 Å². The number of pyridine rings is 1. The van der Waals surface area contributed by atoms with Gasteiger partial charge in [0, 0.05) is 18.6 Å². The lowest BCUT2D eigenvalue weighted by molar-refractivity contribution is 1.06. The SMILES string of the molecule is Cc1ccc(/C=N/Cc2ccncc2)cc1. The van der Waals surface area contributed by atoms with Crippen molar-refractivity contribution in [2.24, 2.45) is 4.99 Å². The van der Waals surface area contributed by atoms with E-state index in [4.69, 9.17) is 0 Å². The molecule has 0 unspecified atom stereocenters. The van der Waals surface area contributed by atoms with Crippen molar-refractivity contribution in [3.63, 3.8) is 0 Å². The zero-order valence-electron chi connectivity index (χ0n) is 9.30. The molecule has 16 heavy (non-hydrogen) atoms. The Morgan fingerprint density at radius 1 is 1.06 bits per heavy atom. The highest BCUT2D eigenvalue weighted by Crippen LogP contribution is 2.02. The van der Waals surface area contributed by atoms with Crippen molar-refractivity contribution < 1.29 is 0 Å². The van der Waals surface area contributed by atoms with Crippen molar-refractivity contribution in [3.05, 3.63) is 65.5 Å². The van der Waals surface area contributed by atoms with Gasteiger partial charge in [-0.15, -0.1) is 0 Å². The molecule has 0 aliphatic rings. The molecule has 2 rings (SSSR count). The Morgan fingerprint density at radius 3 is 2.44 bits per heavy atom. The second kappa shape index (κ2) is 5.21. The van der Waals surface area contributed by atoms with E-state index >= 15 is 0 Å². The normalized spacial score (nSPS) is 10.8. The largest absolute Gasteiger partial charge is 0.288 e. The molecule has 0 saturated heterocycles. The van der Waals surface area contributed by atoms with Gasteiger partial charge in [0.05, 0.1) is 6.54 Å². The van der Waals surface area contributed by atoms with E-state index in [0.717, 1.165) is 5.56 Å². The molecule has 0 amide bonds. The van der Waals surface area contributed by atoms with Crippen molar-refractivity contribution in [2.45, 2.75) is 13.5 Å². The molecule has 1 aromatic carbocycles. The van der Waals surface area contributed by atoms with Gasteiger partial charge in [0.2, 0.25) is 0 Å². The van der Waals surface area contributed by atoms with E-state index in [2.05, 4.69) is 41.2 Å². The van der Waals surface area contributed by atoms with E-state index < -0.39 is 0 Å². The average molecular weight is 210 g/mol. The van der Waals surface area contributed by atoms with Crippen LogP contribution < -0.4 is 0 Å². The quantitative estimate of drug-likeness (QED) is 0.715. The van der Waals surface area contributed by atoms with E-state index in [-0.39, 0.29) is 0 Å². The minimum absolute atomic E-state index is 0.705. The molecule has 1 heterocycles. The molecule has 0 aliphatic heterocycles. The first-order valence-electron chi connectivity index (χ1n) is 5.30. The van der Waals surface area contributed by atoms with Crippen molar-refractivity contribution in [1.82, 2.24) is 4.98 Å². The molecule has 0 saturated carbocycles. The van der Waals surface area contributed by atoms with Crippen LogP contribution >= 0.6 is 0 Å². The third-order valence-corrected chi connectivity index (χ3v) is 2.34. The summed E-state index contributed by atoms with van der Waals surface area (Å²) >= 11 is 0. The maximum atomic E-state index is 4.39. The molecule has 0 fully saturated rings. The fourth-order valence-electron chi connectivity index (χ4n) is 1.40. The smallest absolute Gasteiger partial charge is 0.0641 e. The molecule has 0 aliphatic carbocycles. The van der Waals surface area contributed by atoms with E-state index in [0.29, 0.717) is 6.54 Å². The van der Waals surface area contributed by atoms with Crippen LogP contribution in [0, 0.1) is 6.92 Å². The van der Waals surface area contributed by atoms with Gasteiger partial charge in [-0.2, -0.15) is 0 Å². The molecule has 0 bridgehead atoms. The van der Waals surface area contributed by atoms with Crippen molar-refractivity contribution in [3.8, 4) is 0 Å². The van der Waals surface area contributed by atoms with Gasteiger partial charge in [-0.25, -0.2) is 0 Å². The minimum atomic E-state index is 0.705. The lowest BCUT2D eigenvalue weighted by Gasteiger charge is -1.96. The van der Waals surface area contributed by atoms with Gasteiger partial charge in [0.15, 0.2) is 0 Å². The molecular formula is C14H14N2. The first-order valence-corrected chi connectivity index (χ1v) is 5.30. The molecule has 1 aromatic heterocycles. The maximum absolute atomic E-state index is 4.39. The molecule has 0 radical (unpaired) electrons. The summed E-state index contributed by atoms with van der Waals surface area (Å²) in [5.74, 6) is 0. The molecule has 2 heteroatoms. The summed E-state index contributed by atoms with van der Waals surface area (Å²) in [6.07, 6.45) is 5.48. The topological polar surface area (TPSA) is 25.2 Å². The third kappa shape index (κ3) is 3.02. The van der Waals surface area contributed by atoms with Crippen LogP contribution in [0.2, 0.25) is 0 Å². The predicted octanol–water partition coefficient (Wildman–Crippen LogP) is 3.01. The molecule has 2 aromatic rings. The van der Waals surface area contributed by atoms with Gasteiger partial charge in [-0.1, -0.05) is 29.8 Å². The van der Waals surface area contributed by atoms with Crippen molar-refractivity contribution in [1.29, 1.82) is 0 Å². The van der Waals surface area contributed by atoms with Crippen LogP contribution in [0.1, 0.15) is 16.7 Å². The second-order valence-electron chi connectivity index (χ2n) is 3.74. The van der Waals surface area contributed by atoms with Crippen molar-refractivity contribution in [2.75, 3.05) is 0 Å². The fraction of sp³-hybridized carbons (Fsp3) is 0.143. The average Bonchev–Trinajstić information content (AvgIpc) is 2.33. The fourth-order valence-corrected chi connectivity index (χ4v) is 1.40. The van der Waals surface area contributed by atoms with Gasteiger partial charge >= 0.3 is 0 Å². The van der Waals surface area contributed by atoms with Crippen LogP contribution in [0.25, 0.3) is 0 Å². The monoisotopic (exact) mass is 210 g/mol. The highest BCUT2D eigenvalue weighted by molar-refractivity contribution is 5.79. The summed E-state index contributed by atoms with van der Waals surface area (Å²) in [5.41, 5.74) is 3.59. The summed E-state index contributed by atoms with van der Waals surface area (Å²) in [6.45, 7) is 2.79. The first-order chi connectivity index (χ1) is 7.84. The van der Waals surface area contributed by atoms with E-state index in [1.165, 1.54) is 11.1 Å². The highest BCUT2D eigenvalue weighted by Gasteiger charge is 1.89. The summed E-state index contributed by atoms with van der Waals surface area (Å²) in [7, 11) is 0. The Morgan fingerprint density at radius 2 is 1.75 bits per heavy atom. The number of nitrogens with zero attached hydrogens (tertiary/aromatic N) is 2. The minimum Gasteiger partial charge on any atom is -0.288 e. The Bertz CT molecular complexity index is 458. The zero-order chi connectivity index (χ0) is 11.2. The third-order valence-electron chi connectivity index (χ3n) is 2.34. The highest BCUT2D eigenvalue weighted by atomic mass is 14.7. The number of hydrogen-bond acceptors (Lipinski definition) is 2. The van der Waals surface area contributed by atoms with Gasteiger partial charge in [-0.05, 0) is 30.2 Å². The molecule has 0 spiro atoms. The first kappa shape index (κ1) is 10.6. The number of aliphatic imine (C=N–C) groups is 1. The Kier molecular flexibility index (Phi) is 3.44. The molecular weight excluding hydrogens is 196 g/mol. The number of benzene rings is 1. The maximum Gasteiger partial charge on any atom is 0.0641 e. The van der Waals surface area contributed by atoms with E-state index in [1.54, 1.807) is 12.4 Å². The van der Waals surface area contributed by atoms with Gasteiger partial charge in [0.1, 0.15) is 0 Å². The Hall–Kier alpha value is -1.96. The number of aromatic nitrogens is 1. The van der Waals surface area contributed by atoms with Gasteiger partial charge in [0.25, 0.3) is 0 Å². The van der Waals surface area contributed by atoms with Crippen LogP contribution in [0.15, 0.2) is 53.8 Å². The predicted molar refractivity (Wildman–Crippen MR) is 66.7 cm³/mol. The lowest BCUT2D eigenvalue weighted by Crippen LogP contribution is -1.85. The Labute approximate surface area is 95.7 Å². The van der Waals surface area contributed by atoms with Crippen LogP contribution in [-0.2, 0) is 6.54 Å². The van der Waals surface area contributed by atoms with Gasteiger partial charge < -0.3 is 0 Å². The standard InChI is InChI=1S/C14H14N2/c1-12-2-4-13(5-3-12)10-16-11-14-6-8-15-9-7-14/h2-10H,11H2,1H3/b16-10+. The molecule has 0 N–H and O–H groups in total. The lowest BCUT2D eigenvalue weighted by atomic mass is 10.2. The zero-order valence-corrected chi connectivity index (χ0v) is 9.30. The molecule has 2 nitrogen and oxygen atoms in total. The van der Waals surface area contributed by atoms with E-state index in [1.807, 2.05) is 18.3 Å². The molecule has 80 valence electrons. The van der Waals surface area contributed by atoms with Crippen LogP contribution in [-0.4, -0.2) is 11.2 Å². The van der Waals surface area contributed by atoms with Gasteiger partial charge in [-0.3, -0.25) is 9.98 Å². The van der Waals surface area contributed by atoms with Crippen LogP contribution in [0.3, 0.4) is 0 Å². The summed E-state index contributed by atoms with van der Waals surface area (Å²) < 4.78 is 0. The Balaban J connectivity index is 1.98. The summed E-state index contributed by atoms with van der Waals surface area (Å²) in [6, 6.07) is 12.3. The second-order valence-corrected chi connectivity index (χ2v) is 3.74. The van der Waals surface area contributed by atoms with Crippen LogP contribution in [0.5, 0.6) is 0 Å². The van der Waals surface area contributed by atoms with Crippen LogP contribution in [0.4, 0.5) is 0 Å².